The molecule has 0 aliphatic carbocycles. The molecule has 0 aliphatic rings. The van der Waals surface area contributed by atoms with Gasteiger partial charge in [0, 0.05) is 28.2 Å². The number of nitrogens with one attached hydrogen (secondary N) is 2. The summed E-state index contributed by atoms with van der Waals surface area (Å²) in [6, 6.07) is 17.6. The number of aromatic nitrogens is 1. The van der Waals surface area contributed by atoms with Crippen molar-refractivity contribution in [1.82, 2.24) is 4.98 Å². The van der Waals surface area contributed by atoms with Crippen LogP contribution in [0, 0.1) is 0 Å². The van der Waals surface area contributed by atoms with Crippen molar-refractivity contribution in [3.05, 3.63) is 76.9 Å². The standard InChI is InChI=1S/C21H18BrN3O3/c1-2-19(26)24-16-7-3-5-14(11-16)21(27)25-17-9-10-20(23-13-17)28-18-8-4-6-15(22)12-18/h3-13H,2H2,1H3,(H,24,26)(H,25,27). The van der Waals surface area contributed by atoms with Crippen molar-refractivity contribution in [2.75, 3.05) is 10.6 Å². The highest BCUT2D eigenvalue weighted by Gasteiger charge is 2.09. The molecule has 142 valence electrons. The molecule has 6 nitrogen and oxygen atoms in total. The van der Waals surface area contributed by atoms with Crippen LogP contribution in [0.3, 0.4) is 0 Å². The van der Waals surface area contributed by atoms with Crippen LogP contribution in [0.25, 0.3) is 0 Å². The van der Waals surface area contributed by atoms with Crippen LogP contribution in [0.4, 0.5) is 11.4 Å². The predicted octanol–water partition coefficient (Wildman–Crippen LogP) is 5.24. The minimum Gasteiger partial charge on any atom is -0.439 e. The van der Waals surface area contributed by atoms with E-state index in [1.54, 1.807) is 43.3 Å². The molecule has 1 aromatic heterocycles. The highest BCUT2D eigenvalue weighted by Crippen LogP contribution is 2.23. The molecule has 0 saturated heterocycles. The van der Waals surface area contributed by atoms with Crippen molar-refractivity contribution in [3.63, 3.8) is 0 Å². The van der Waals surface area contributed by atoms with Gasteiger partial charge in [0.25, 0.3) is 5.91 Å². The molecule has 0 aliphatic heterocycles. The summed E-state index contributed by atoms with van der Waals surface area (Å²) in [6.45, 7) is 1.77. The van der Waals surface area contributed by atoms with Gasteiger partial charge in [0.1, 0.15) is 5.75 Å². The van der Waals surface area contributed by atoms with E-state index in [-0.39, 0.29) is 11.8 Å². The number of pyridine rings is 1. The van der Waals surface area contributed by atoms with Gasteiger partial charge < -0.3 is 15.4 Å². The first-order valence-corrected chi connectivity index (χ1v) is 9.43. The Bertz CT molecular complexity index is 990. The van der Waals surface area contributed by atoms with E-state index in [2.05, 4.69) is 31.5 Å². The monoisotopic (exact) mass is 439 g/mol. The summed E-state index contributed by atoms with van der Waals surface area (Å²) in [5.74, 6) is 0.669. The molecule has 7 heteroatoms. The summed E-state index contributed by atoms with van der Waals surface area (Å²) in [7, 11) is 0. The Morgan fingerprint density at radius 3 is 2.54 bits per heavy atom. The van der Waals surface area contributed by atoms with Crippen LogP contribution in [-0.2, 0) is 4.79 Å². The van der Waals surface area contributed by atoms with Gasteiger partial charge in [-0.1, -0.05) is 35.0 Å². The van der Waals surface area contributed by atoms with Gasteiger partial charge in [-0.05, 0) is 42.5 Å². The lowest BCUT2D eigenvalue weighted by atomic mass is 10.2. The molecule has 0 saturated carbocycles. The lowest BCUT2D eigenvalue weighted by Gasteiger charge is -2.09. The van der Waals surface area contributed by atoms with E-state index in [9.17, 15) is 9.59 Å². The third-order valence-electron chi connectivity index (χ3n) is 3.74. The Morgan fingerprint density at radius 1 is 1.00 bits per heavy atom. The Kier molecular flexibility index (Phi) is 6.39. The van der Waals surface area contributed by atoms with E-state index >= 15 is 0 Å². The number of hydrogen-bond acceptors (Lipinski definition) is 4. The highest BCUT2D eigenvalue weighted by molar-refractivity contribution is 9.10. The molecule has 0 unspecified atom stereocenters. The maximum Gasteiger partial charge on any atom is 0.255 e. The molecule has 3 aromatic rings. The van der Waals surface area contributed by atoms with Gasteiger partial charge >= 0.3 is 0 Å². The summed E-state index contributed by atoms with van der Waals surface area (Å²) >= 11 is 3.39. The minimum atomic E-state index is -0.296. The van der Waals surface area contributed by atoms with Crippen molar-refractivity contribution in [3.8, 4) is 11.6 Å². The van der Waals surface area contributed by atoms with Gasteiger partial charge in [0.2, 0.25) is 11.8 Å². The molecular formula is C21H18BrN3O3. The lowest BCUT2D eigenvalue weighted by molar-refractivity contribution is -0.115. The average molecular weight is 440 g/mol. The number of rotatable bonds is 6. The quantitative estimate of drug-likeness (QED) is 0.550. The van der Waals surface area contributed by atoms with E-state index in [1.165, 1.54) is 6.20 Å². The summed E-state index contributed by atoms with van der Waals surface area (Å²) in [5, 5.41) is 5.51. The molecule has 2 aromatic carbocycles. The third kappa shape index (κ3) is 5.40. The number of carbonyl (C=O) groups excluding carboxylic acids is 2. The summed E-state index contributed by atoms with van der Waals surface area (Å²) in [5.41, 5.74) is 1.55. The van der Waals surface area contributed by atoms with Gasteiger partial charge in [-0.3, -0.25) is 9.59 Å². The fourth-order valence-corrected chi connectivity index (χ4v) is 2.73. The topological polar surface area (TPSA) is 80.3 Å². The Labute approximate surface area is 171 Å². The van der Waals surface area contributed by atoms with E-state index in [0.29, 0.717) is 35.0 Å². The van der Waals surface area contributed by atoms with Crippen LogP contribution in [0.1, 0.15) is 23.7 Å². The van der Waals surface area contributed by atoms with E-state index in [4.69, 9.17) is 4.74 Å². The zero-order chi connectivity index (χ0) is 19.9. The van der Waals surface area contributed by atoms with Crippen molar-refractivity contribution in [2.24, 2.45) is 0 Å². The minimum absolute atomic E-state index is 0.109. The molecule has 0 radical (unpaired) electrons. The summed E-state index contributed by atoms with van der Waals surface area (Å²) in [4.78, 5) is 28.2. The number of benzene rings is 2. The maximum atomic E-state index is 12.4. The first-order chi connectivity index (χ1) is 13.5. The Morgan fingerprint density at radius 2 is 1.82 bits per heavy atom. The lowest BCUT2D eigenvalue weighted by Crippen LogP contribution is -2.14. The van der Waals surface area contributed by atoms with Crippen LogP contribution in [-0.4, -0.2) is 16.8 Å². The number of anilines is 2. The second-order valence-electron chi connectivity index (χ2n) is 5.88. The Hall–Kier alpha value is -3.19. The number of carbonyl (C=O) groups is 2. The molecule has 0 fully saturated rings. The Balaban J connectivity index is 1.64. The predicted molar refractivity (Wildman–Crippen MR) is 112 cm³/mol. The molecule has 3 rings (SSSR count). The van der Waals surface area contributed by atoms with E-state index in [0.717, 1.165) is 4.47 Å². The van der Waals surface area contributed by atoms with Gasteiger partial charge in [-0.25, -0.2) is 4.98 Å². The van der Waals surface area contributed by atoms with Crippen LogP contribution < -0.4 is 15.4 Å². The normalized spacial score (nSPS) is 10.2. The number of hydrogen-bond donors (Lipinski definition) is 2. The van der Waals surface area contributed by atoms with Gasteiger partial charge in [-0.15, -0.1) is 0 Å². The van der Waals surface area contributed by atoms with Gasteiger partial charge in [-0.2, -0.15) is 0 Å². The van der Waals surface area contributed by atoms with Gasteiger partial charge in [0.15, 0.2) is 0 Å². The molecule has 1 heterocycles. The zero-order valence-corrected chi connectivity index (χ0v) is 16.7. The second kappa shape index (κ2) is 9.14. The van der Waals surface area contributed by atoms with Crippen LogP contribution in [0.5, 0.6) is 11.6 Å². The van der Waals surface area contributed by atoms with E-state index in [1.807, 2.05) is 24.3 Å². The van der Waals surface area contributed by atoms with Crippen molar-refractivity contribution in [2.45, 2.75) is 13.3 Å². The second-order valence-corrected chi connectivity index (χ2v) is 6.80. The summed E-state index contributed by atoms with van der Waals surface area (Å²) in [6.07, 6.45) is 1.89. The number of ether oxygens (including phenoxy) is 1. The maximum absolute atomic E-state index is 12.4. The molecule has 28 heavy (non-hydrogen) atoms. The molecule has 2 amide bonds. The molecule has 2 N–H and O–H groups in total. The summed E-state index contributed by atoms with van der Waals surface area (Å²) < 4.78 is 6.58. The first kappa shape index (κ1) is 19.6. The number of amides is 2. The van der Waals surface area contributed by atoms with Crippen LogP contribution in [0.15, 0.2) is 71.3 Å². The van der Waals surface area contributed by atoms with Crippen LogP contribution >= 0.6 is 15.9 Å². The number of halogens is 1. The van der Waals surface area contributed by atoms with Crippen molar-refractivity contribution < 1.29 is 14.3 Å². The van der Waals surface area contributed by atoms with E-state index < -0.39 is 0 Å². The smallest absolute Gasteiger partial charge is 0.255 e. The highest BCUT2D eigenvalue weighted by atomic mass is 79.9. The number of nitrogens with zero attached hydrogens (tertiary/aromatic N) is 1. The fourth-order valence-electron chi connectivity index (χ4n) is 2.36. The third-order valence-corrected chi connectivity index (χ3v) is 4.24. The fraction of sp³-hybridized carbons (Fsp3) is 0.0952. The van der Waals surface area contributed by atoms with Crippen molar-refractivity contribution >= 4 is 39.1 Å². The molecule has 0 spiro atoms. The van der Waals surface area contributed by atoms with Crippen LogP contribution in [0.2, 0.25) is 0 Å². The largest absolute Gasteiger partial charge is 0.439 e. The zero-order valence-electron chi connectivity index (χ0n) is 15.1. The van der Waals surface area contributed by atoms with Gasteiger partial charge in [0.05, 0.1) is 11.9 Å². The molecule has 0 bridgehead atoms. The molecule has 0 atom stereocenters. The SMILES string of the molecule is CCC(=O)Nc1cccc(C(=O)Nc2ccc(Oc3cccc(Br)c3)nc2)c1. The molecular weight excluding hydrogens is 422 g/mol. The average Bonchev–Trinajstić information content (AvgIpc) is 2.69. The first-order valence-electron chi connectivity index (χ1n) is 8.64. The van der Waals surface area contributed by atoms with Crippen molar-refractivity contribution in [1.29, 1.82) is 0 Å².